The zero-order valence-corrected chi connectivity index (χ0v) is 12.9. The molecule has 4 heteroatoms. The Morgan fingerprint density at radius 2 is 1.84 bits per heavy atom. The van der Waals surface area contributed by atoms with Crippen molar-refractivity contribution in [2.24, 2.45) is 11.8 Å². The van der Waals surface area contributed by atoms with E-state index in [0.29, 0.717) is 12.0 Å². The first-order chi connectivity index (χ1) is 8.97. The van der Waals surface area contributed by atoms with Crippen LogP contribution in [0.3, 0.4) is 0 Å². The van der Waals surface area contributed by atoms with Crippen molar-refractivity contribution >= 4 is 28.9 Å². The van der Waals surface area contributed by atoms with Crippen LogP contribution < -0.4 is 5.32 Å². The maximum Gasteiger partial charge on any atom is 0.160 e. The molecule has 0 bridgehead atoms. The molecule has 1 aromatic carbocycles. The van der Waals surface area contributed by atoms with Gasteiger partial charge in [0.15, 0.2) is 5.82 Å². The van der Waals surface area contributed by atoms with Crippen LogP contribution >= 0.6 is 23.2 Å². The third kappa shape index (κ3) is 3.76. The molecular weight excluding hydrogens is 284 g/mol. The molecule has 1 N–H and O–H groups in total. The van der Waals surface area contributed by atoms with E-state index >= 15 is 0 Å². The average Bonchev–Trinajstić information content (AvgIpc) is 2.36. The molecule has 0 saturated heterocycles. The van der Waals surface area contributed by atoms with E-state index in [4.69, 9.17) is 23.2 Å². The molecule has 1 nitrogen and oxygen atoms in total. The van der Waals surface area contributed by atoms with E-state index in [1.807, 2.05) is 0 Å². The molecule has 0 heterocycles. The zero-order valence-electron chi connectivity index (χ0n) is 11.3. The van der Waals surface area contributed by atoms with Crippen LogP contribution in [0.25, 0.3) is 0 Å². The van der Waals surface area contributed by atoms with Crippen molar-refractivity contribution in [3.05, 3.63) is 28.0 Å². The number of rotatable bonds is 3. The summed E-state index contributed by atoms with van der Waals surface area (Å²) in [5, 5.41) is 3.59. The number of anilines is 1. The lowest BCUT2D eigenvalue weighted by atomic mass is 9.79. The topological polar surface area (TPSA) is 12.0 Å². The third-order valence-corrected chi connectivity index (χ3v) is 4.56. The minimum Gasteiger partial charge on any atom is -0.382 e. The van der Waals surface area contributed by atoms with Gasteiger partial charge in [-0.2, -0.15) is 0 Å². The third-order valence-electron chi connectivity index (χ3n) is 4.01. The second-order valence-electron chi connectivity index (χ2n) is 5.77. The molecule has 1 aromatic rings. The summed E-state index contributed by atoms with van der Waals surface area (Å²) in [6.45, 7) is 4.55. The van der Waals surface area contributed by atoms with E-state index in [0.717, 1.165) is 24.4 Å². The Morgan fingerprint density at radius 3 is 2.42 bits per heavy atom. The molecule has 0 aliphatic heterocycles. The second-order valence-corrected chi connectivity index (χ2v) is 6.58. The highest BCUT2D eigenvalue weighted by molar-refractivity contribution is 6.35. The highest BCUT2D eigenvalue weighted by Crippen LogP contribution is 2.33. The van der Waals surface area contributed by atoms with Gasteiger partial charge in [0, 0.05) is 11.7 Å². The summed E-state index contributed by atoms with van der Waals surface area (Å²) >= 11 is 11.6. The number of halogens is 3. The molecule has 0 radical (unpaired) electrons. The molecule has 2 atom stereocenters. The Morgan fingerprint density at radius 1 is 1.21 bits per heavy atom. The van der Waals surface area contributed by atoms with E-state index in [2.05, 4.69) is 19.2 Å². The smallest absolute Gasteiger partial charge is 0.160 e. The van der Waals surface area contributed by atoms with Crippen LogP contribution in [0.2, 0.25) is 10.0 Å². The van der Waals surface area contributed by atoms with Crippen LogP contribution in [0.1, 0.15) is 39.5 Å². The standard InChI is InChI=1S/C15H20Cl2FN/c1-9(2)10-4-3-5-11(6-10)19-12-7-13(16)15(18)14(17)8-12/h7-11,19H,3-6H2,1-2H3. The lowest BCUT2D eigenvalue weighted by Gasteiger charge is -2.32. The van der Waals surface area contributed by atoms with Gasteiger partial charge in [0.1, 0.15) is 0 Å². The molecule has 1 aliphatic carbocycles. The van der Waals surface area contributed by atoms with Crippen LogP contribution in [0.5, 0.6) is 0 Å². The maximum absolute atomic E-state index is 13.4. The molecule has 2 unspecified atom stereocenters. The van der Waals surface area contributed by atoms with Gasteiger partial charge in [0.05, 0.1) is 10.0 Å². The highest BCUT2D eigenvalue weighted by atomic mass is 35.5. The van der Waals surface area contributed by atoms with E-state index in [9.17, 15) is 4.39 Å². The van der Waals surface area contributed by atoms with Gasteiger partial charge in [0.25, 0.3) is 0 Å². The summed E-state index contributed by atoms with van der Waals surface area (Å²) in [7, 11) is 0. The zero-order chi connectivity index (χ0) is 14.0. The van der Waals surface area contributed by atoms with Gasteiger partial charge in [-0.05, 0) is 36.8 Å². The molecule has 1 aliphatic rings. The first kappa shape index (κ1) is 14.9. The lowest BCUT2D eigenvalue weighted by molar-refractivity contribution is 0.264. The van der Waals surface area contributed by atoms with Crippen LogP contribution in [0, 0.1) is 17.7 Å². The van der Waals surface area contributed by atoms with Crippen molar-refractivity contribution in [3.8, 4) is 0 Å². The van der Waals surface area contributed by atoms with Crippen molar-refractivity contribution in [1.29, 1.82) is 0 Å². The highest BCUT2D eigenvalue weighted by Gasteiger charge is 2.24. The molecular formula is C15H20Cl2FN. The van der Waals surface area contributed by atoms with Gasteiger partial charge in [-0.15, -0.1) is 0 Å². The van der Waals surface area contributed by atoms with E-state index < -0.39 is 5.82 Å². The first-order valence-corrected chi connectivity index (χ1v) is 7.64. The normalized spacial score (nSPS) is 23.7. The predicted molar refractivity (Wildman–Crippen MR) is 80.6 cm³/mol. The van der Waals surface area contributed by atoms with Gasteiger partial charge in [-0.25, -0.2) is 4.39 Å². The maximum atomic E-state index is 13.4. The molecule has 19 heavy (non-hydrogen) atoms. The minimum absolute atomic E-state index is 0.0752. The van der Waals surface area contributed by atoms with Crippen molar-refractivity contribution in [3.63, 3.8) is 0 Å². The van der Waals surface area contributed by atoms with Crippen LogP contribution in [0.15, 0.2) is 12.1 Å². The lowest BCUT2D eigenvalue weighted by Crippen LogP contribution is -2.29. The molecule has 0 aromatic heterocycles. The monoisotopic (exact) mass is 303 g/mol. The number of hydrogen-bond donors (Lipinski definition) is 1. The van der Waals surface area contributed by atoms with Crippen LogP contribution in [-0.4, -0.2) is 6.04 Å². The van der Waals surface area contributed by atoms with E-state index in [1.54, 1.807) is 12.1 Å². The Balaban J connectivity index is 2.05. The summed E-state index contributed by atoms with van der Waals surface area (Å²) in [4.78, 5) is 0. The first-order valence-electron chi connectivity index (χ1n) is 6.88. The average molecular weight is 304 g/mol. The van der Waals surface area contributed by atoms with Gasteiger partial charge in [0.2, 0.25) is 0 Å². The molecule has 0 spiro atoms. The van der Waals surface area contributed by atoms with E-state index in [-0.39, 0.29) is 10.0 Å². The van der Waals surface area contributed by atoms with Crippen LogP contribution in [-0.2, 0) is 0 Å². The predicted octanol–water partition coefficient (Wildman–Crippen LogP) is 5.76. The van der Waals surface area contributed by atoms with Crippen molar-refractivity contribution in [2.75, 3.05) is 5.32 Å². The fraction of sp³-hybridized carbons (Fsp3) is 0.600. The summed E-state index contributed by atoms with van der Waals surface area (Å²) in [5.74, 6) is 0.931. The summed E-state index contributed by atoms with van der Waals surface area (Å²) in [6, 6.07) is 3.66. The summed E-state index contributed by atoms with van der Waals surface area (Å²) < 4.78 is 13.4. The fourth-order valence-electron chi connectivity index (χ4n) is 2.84. The Kier molecular flexibility index (Phi) is 4.97. The Bertz CT molecular complexity index is 425. The van der Waals surface area contributed by atoms with Crippen molar-refractivity contribution < 1.29 is 4.39 Å². The van der Waals surface area contributed by atoms with Gasteiger partial charge < -0.3 is 5.32 Å². The second kappa shape index (κ2) is 6.32. The Hall–Kier alpha value is -0.470. The SMILES string of the molecule is CC(C)C1CCCC(Nc2cc(Cl)c(F)c(Cl)c2)C1. The molecule has 2 rings (SSSR count). The quantitative estimate of drug-likeness (QED) is 0.700. The number of benzene rings is 1. The fourth-order valence-corrected chi connectivity index (χ4v) is 3.33. The van der Waals surface area contributed by atoms with Gasteiger partial charge in [-0.1, -0.05) is 49.9 Å². The number of nitrogens with one attached hydrogen (secondary N) is 1. The number of hydrogen-bond acceptors (Lipinski definition) is 1. The van der Waals surface area contributed by atoms with Crippen LogP contribution in [0.4, 0.5) is 10.1 Å². The molecule has 1 saturated carbocycles. The Labute approximate surface area is 124 Å². The summed E-state index contributed by atoms with van der Waals surface area (Å²) in [5.41, 5.74) is 0.811. The van der Waals surface area contributed by atoms with E-state index in [1.165, 1.54) is 12.8 Å². The van der Waals surface area contributed by atoms with Gasteiger partial charge >= 0.3 is 0 Å². The largest absolute Gasteiger partial charge is 0.382 e. The molecule has 106 valence electrons. The van der Waals surface area contributed by atoms with Crippen molar-refractivity contribution in [1.82, 2.24) is 0 Å². The van der Waals surface area contributed by atoms with Gasteiger partial charge in [-0.3, -0.25) is 0 Å². The van der Waals surface area contributed by atoms with Crippen molar-refractivity contribution in [2.45, 2.75) is 45.6 Å². The minimum atomic E-state index is -0.544. The molecule has 1 fully saturated rings. The molecule has 0 amide bonds. The summed E-state index contributed by atoms with van der Waals surface area (Å²) in [6.07, 6.45) is 4.85.